The molecule has 7 heteroatoms. The number of hydrogen-bond donors (Lipinski definition) is 3. The number of H-pyrrole nitrogens is 1. The van der Waals surface area contributed by atoms with Crippen LogP contribution in [-0.4, -0.2) is 32.4 Å². The minimum Gasteiger partial charge on any atom is -0.369 e. The number of carbonyl (C=O) groups is 1. The lowest BCUT2D eigenvalue weighted by Gasteiger charge is -2.14. The summed E-state index contributed by atoms with van der Waals surface area (Å²) in [5.74, 6) is 1.06. The van der Waals surface area contributed by atoms with Gasteiger partial charge < -0.3 is 15.6 Å². The van der Waals surface area contributed by atoms with Crippen molar-refractivity contribution in [1.82, 2.24) is 25.3 Å². The SMILES string of the molecule is CCNc1cncc(C(=O)NC(CC)c2ncc[nH]2)n1. The summed E-state index contributed by atoms with van der Waals surface area (Å²) >= 11 is 0. The molecular weight excluding hydrogens is 256 g/mol. The number of nitrogens with one attached hydrogen (secondary N) is 3. The molecule has 2 aromatic heterocycles. The lowest BCUT2D eigenvalue weighted by atomic mass is 10.2. The van der Waals surface area contributed by atoms with Crippen molar-refractivity contribution in [1.29, 1.82) is 0 Å². The Morgan fingerprint density at radius 3 is 2.90 bits per heavy atom. The molecule has 0 aliphatic rings. The van der Waals surface area contributed by atoms with Crippen LogP contribution in [0, 0.1) is 0 Å². The maximum Gasteiger partial charge on any atom is 0.272 e. The summed E-state index contributed by atoms with van der Waals surface area (Å²) in [6, 6.07) is -0.165. The van der Waals surface area contributed by atoms with Gasteiger partial charge in [-0.05, 0) is 13.3 Å². The first-order valence-electron chi connectivity index (χ1n) is 6.60. The fourth-order valence-electron chi connectivity index (χ4n) is 1.81. The van der Waals surface area contributed by atoms with E-state index in [9.17, 15) is 4.79 Å². The molecule has 0 aromatic carbocycles. The van der Waals surface area contributed by atoms with Crippen LogP contribution in [0.1, 0.15) is 42.6 Å². The molecule has 0 saturated heterocycles. The van der Waals surface area contributed by atoms with Gasteiger partial charge >= 0.3 is 0 Å². The number of imidazole rings is 1. The minimum absolute atomic E-state index is 0.165. The van der Waals surface area contributed by atoms with Crippen LogP contribution in [0.15, 0.2) is 24.8 Å². The Morgan fingerprint density at radius 1 is 1.40 bits per heavy atom. The molecule has 0 saturated carbocycles. The predicted octanol–water partition coefficient (Wildman–Crippen LogP) is 1.51. The molecule has 2 heterocycles. The Labute approximate surface area is 117 Å². The predicted molar refractivity (Wildman–Crippen MR) is 75.3 cm³/mol. The van der Waals surface area contributed by atoms with E-state index < -0.39 is 0 Å². The number of nitrogens with zero attached hydrogens (tertiary/aromatic N) is 3. The third kappa shape index (κ3) is 3.31. The Morgan fingerprint density at radius 2 is 2.25 bits per heavy atom. The third-order valence-electron chi connectivity index (χ3n) is 2.79. The van der Waals surface area contributed by atoms with Gasteiger partial charge in [0, 0.05) is 18.9 Å². The maximum atomic E-state index is 12.2. The topological polar surface area (TPSA) is 95.6 Å². The summed E-state index contributed by atoms with van der Waals surface area (Å²) in [5.41, 5.74) is 0.286. The number of anilines is 1. The van der Waals surface area contributed by atoms with Gasteiger partial charge in [-0.25, -0.2) is 9.97 Å². The number of hydrogen-bond acceptors (Lipinski definition) is 5. The molecule has 0 aliphatic carbocycles. The summed E-state index contributed by atoms with van der Waals surface area (Å²) < 4.78 is 0. The normalized spacial score (nSPS) is 11.9. The van der Waals surface area contributed by atoms with E-state index in [-0.39, 0.29) is 17.6 Å². The molecule has 7 nitrogen and oxygen atoms in total. The van der Waals surface area contributed by atoms with E-state index >= 15 is 0 Å². The second kappa shape index (κ2) is 6.65. The van der Waals surface area contributed by atoms with E-state index in [4.69, 9.17) is 0 Å². The first-order valence-corrected chi connectivity index (χ1v) is 6.60. The zero-order valence-electron chi connectivity index (χ0n) is 11.6. The Hall–Kier alpha value is -2.44. The molecule has 1 unspecified atom stereocenters. The third-order valence-corrected chi connectivity index (χ3v) is 2.79. The molecule has 3 N–H and O–H groups in total. The van der Waals surface area contributed by atoms with Crippen LogP contribution in [-0.2, 0) is 0 Å². The Kier molecular flexibility index (Phi) is 4.65. The van der Waals surface area contributed by atoms with Crippen LogP contribution >= 0.6 is 0 Å². The number of rotatable bonds is 6. The van der Waals surface area contributed by atoms with Gasteiger partial charge in [0.25, 0.3) is 5.91 Å². The zero-order chi connectivity index (χ0) is 14.4. The maximum absolute atomic E-state index is 12.2. The first kappa shape index (κ1) is 14.0. The van der Waals surface area contributed by atoms with Gasteiger partial charge in [0.15, 0.2) is 0 Å². The van der Waals surface area contributed by atoms with Crippen LogP contribution in [0.3, 0.4) is 0 Å². The number of carbonyl (C=O) groups excluding carboxylic acids is 1. The molecule has 1 amide bonds. The summed E-state index contributed by atoms with van der Waals surface area (Å²) in [6.45, 7) is 4.66. The van der Waals surface area contributed by atoms with Crippen molar-refractivity contribution in [3.05, 3.63) is 36.3 Å². The molecule has 2 rings (SSSR count). The number of aromatic nitrogens is 4. The lowest BCUT2D eigenvalue weighted by molar-refractivity contribution is 0.0928. The van der Waals surface area contributed by atoms with Gasteiger partial charge in [-0.2, -0.15) is 0 Å². The highest BCUT2D eigenvalue weighted by atomic mass is 16.2. The largest absolute Gasteiger partial charge is 0.369 e. The molecule has 0 bridgehead atoms. The molecule has 0 fully saturated rings. The molecule has 1 atom stereocenters. The number of amides is 1. The van der Waals surface area contributed by atoms with Gasteiger partial charge in [0.05, 0.1) is 18.4 Å². The van der Waals surface area contributed by atoms with E-state index in [1.165, 1.54) is 6.20 Å². The lowest BCUT2D eigenvalue weighted by Crippen LogP contribution is -2.29. The molecule has 2 aromatic rings. The Balaban J connectivity index is 2.09. The molecular formula is C13H18N6O. The zero-order valence-corrected chi connectivity index (χ0v) is 11.6. The van der Waals surface area contributed by atoms with E-state index in [2.05, 4.69) is 30.6 Å². The van der Waals surface area contributed by atoms with Crippen molar-refractivity contribution in [3.63, 3.8) is 0 Å². The van der Waals surface area contributed by atoms with Crippen LogP contribution in [0.5, 0.6) is 0 Å². The van der Waals surface area contributed by atoms with Crippen molar-refractivity contribution in [2.75, 3.05) is 11.9 Å². The van der Waals surface area contributed by atoms with Crippen molar-refractivity contribution >= 4 is 11.7 Å². The number of aromatic amines is 1. The van der Waals surface area contributed by atoms with Crippen LogP contribution in [0.2, 0.25) is 0 Å². The highest BCUT2D eigenvalue weighted by molar-refractivity contribution is 5.92. The van der Waals surface area contributed by atoms with E-state index in [0.717, 1.165) is 18.8 Å². The van der Waals surface area contributed by atoms with Crippen LogP contribution in [0.4, 0.5) is 5.82 Å². The van der Waals surface area contributed by atoms with Gasteiger partial charge in [0.2, 0.25) is 0 Å². The van der Waals surface area contributed by atoms with E-state index in [1.54, 1.807) is 18.6 Å². The van der Waals surface area contributed by atoms with Crippen LogP contribution < -0.4 is 10.6 Å². The highest BCUT2D eigenvalue weighted by Crippen LogP contribution is 2.12. The second-order valence-corrected chi connectivity index (χ2v) is 4.23. The van der Waals surface area contributed by atoms with Crippen molar-refractivity contribution in [2.45, 2.75) is 26.3 Å². The van der Waals surface area contributed by atoms with Crippen LogP contribution in [0.25, 0.3) is 0 Å². The molecule has 0 spiro atoms. The van der Waals surface area contributed by atoms with E-state index in [1.807, 2.05) is 13.8 Å². The van der Waals surface area contributed by atoms with Crippen molar-refractivity contribution in [2.24, 2.45) is 0 Å². The van der Waals surface area contributed by atoms with Gasteiger partial charge in [-0.1, -0.05) is 6.92 Å². The van der Waals surface area contributed by atoms with Gasteiger partial charge in [-0.15, -0.1) is 0 Å². The summed E-state index contributed by atoms with van der Waals surface area (Å²) in [5, 5.41) is 5.92. The standard InChI is InChI=1S/C13H18N6O/c1-3-9(12-16-5-6-17-12)19-13(20)10-7-14-8-11(18-10)15-4-2/h5-9H,3-4H2,1-2H3,(H,15,18)(H,16,17)(H,19,20). The average molecular weight is 274 g/mol. The monoisotopic (exact) mass is 274 g/mol. The quantitative estimate of drug-likeness (QED) is 0.742. The van der Waals surface area contributed by atoms with Crippen molar-refractivity contribution in [3.8, 4) is 0 Å². The highest BCUT2D eigenvalue weighted by Gasteiger charge is 2.17. The summed E-state index contributed by atoms with van der Waals surface area (Å²) in [7, 11) is 0. The summed E-state index contributed by atoms with van der Waals surface area (Å²) in [6.07, 6.45) is 7.17. The van der Waals surface area contributed by atoms with Gasteiger partial charge in [-0.3, -0.25) is 9.78 Å². The minimum atomic E-state index is -0.263. The fraction of sp³-hybridized carbons (Fsp3) is 0.385. The molecule has 0 radical (unpaired) electrons. The fourth-order valence-corrected chi connectivity index (χ4v) is 1.81. The van der Waals surface area contributed by atoms with E-state index in [0.29, 0.717) is 5.82 Å². The molecule has 106 valence electrons. The first-order chi connectivity index (χ1) is 9.74. The van der Waals surface area contributed by atoms with Gasteiger partial charge in [0.1, 0.15) is 17.3 Å². The smallest absolute Gasteiger partial charge is 0.272 e. The Bertz CT molecular complexity index is 554. The molecule has 0 aliphatic heterocycles. The average Bonchev–Trinajstić information content (AvgIpc) is 2.99. The second-order valence-electron chi connectivity index (χ2n) is 4.23. The molecule has 20 heavy (non-hydrogen) atoms. The summed E-state index contributed by atoms with van der Waals surface area (Å²) in [4.78, 5) is 27.6. The van der Waals surface area contributed by atoms with Crippen molar-refractivity contribution < 1.29 is 4.79 Å².